The van der Waals surface area contributed by atoms with Crippen LogP contribution in [0.5, 0.6) is 0 Å². The smallest absolute Gasteiger partial charge is 0.446 e. The average molecular weight is 251 g/mol. The molecule has 0 saturated heterocycles. The number of alkyl halides is 3. The Morgan fingerprint density at radius 3 is 2.56 bits per heavy atom. The molecule has 1 unspecified atom stereocenters. The van der Waals surface area contributed by atoms with Gasteiger partial charge in [0.1, 0.15) is 6.04 Å². The molecule has 16 heavy (non-hydrogen) atoms. The molecule has 0 spiro atoms. The fraction of sp³-hybridized carbons (Fsp3) is 0.222. The van der Waals surface area contributed by atoms with Crippen LogP contribution in [0, 0.1) is 0 Å². The second-order valence-electron chi connectivity index (χ2n) is 2.94. The molecule has 0 heterocycles. The van der Waals surface area contributed by atoms with Gasteiger partial charge < -0.3 is 10.8 Å². The van der Waals surface area contributed by atoms with E-state index in [0.717, 1.165) is 6.07 Å². The summed E-state index contributed by atoms with van der Waals surface area (Å²) in [6, 6.07) is 3.77. The maximum atomic E-state index is 12.0. The quantitative estimate of drug-likeness (QED) is 0.809. The molecule has 1 rings (SSSR count). The molecule has 1 aromatic carbocycles. The van der Waals surface area contributed by atoms with E-state index >= 15 is 0 Å². The van der Waals surface area contributed by atoms with Crippen molar-refractivity contribution in [3.63, 3.8) is 0 Å². The minimum Gasteiger partial charge on any atom is -0.480 e. The molecule has 0 aliphatic rings. The van der Waals surface area contributed by atoms with Crippen molar-refractivity contribution >= 4 is 17.7 Å². The summed E-state index contributed by atoms with van der Waals surface area (Å²) >= 11 is -0.304. The SMILES string of the molecule is NC(C(=O)O)c1cccc(SC(F)(F)F)c1. The first-order chi connectivity index (χ1) is 7.29. The van der Waals surface area contributed by atoms with Gasteiger partial charge in [-0.05, 0) is 29.5 Å². The zero-order valence-corrected chi connectivity index (χ0v) is 8.68. The number of rotatable bonds is 3. The maximum absolute atomic E-state index is 12.0. The summed E-state index contributed by atoms with van der Waals surface area (Å²) in [5.74, 6) is -1.28. The topological polar surface area (TPSA) is 63.3 Å². The van der Waals surface area contributed by atoms with Gasteiger partial charge in [0, 0.05) is 4.90 Å². The molecule has 3 N–H and O–H groups in total. The van der Waals surface area contributed by atoms with Crippen LogP contribution < -0.4 is 5.73 Å². The maximum Gasteiger partial charge on any atom is 0.446 e. The zero-order valence-electron chi connectivity index (χ0n) is 7.86. The molecule has 1 aromatic rings. The fourth-order valence-corrected chi connectivity index (χ4v) is 1.66. The predicted octanol–water partition coefficient (Wildman–Crippen LogP) is 2.38. The van der Waals surface area contributed by atoms with Gasteiger partial charge in [0.15, 0.2) is 0 Å². The Kier molecular flexibility index (Phi) is 3.82. The van der Waals surface area contributed by atoms with Crippen molar-refractivity contribution in [3.05, 3.63) is 29.8 Å². The minimum atomic E-state index is -4.40. The van der Waals surface area contributed by atoms with E-state index in [1.54, 1.807) is 0 Å². The van der Waals surface area contributed by atoms with E-state index in [4.69, 9.17) is 10.8 Å². The molecule has 1 atom stereocenters. The van der Waals surface area contributed by atoms with Gasteiger partial charge in [-0.15, -0.1) is 0 Å². The first-order valence-corrected chi connectivity index (χ1v) is 4.95. The number of hydrogen-bond donors (Lipinski definition) is 2. The number of nitrogens with two attached hydrogens (primary N) is 1. The lowest BCUT2D eigenvalue weighted by Crippen LogP contribution is -2.20. The van der Waals surface area contributed by atoms with Crippen LogP contribution in [-0.4, -0.2) is 16.6 Å². The molecule has 0 aliphatic heterocycles. The number of aliphatic carboxylic acids is 1. The Labute approximate surface area is 93.4 Å². The van der Waals surface area contributed by atoms with Crippen molar-refractivity contribution < 1.29 is 23.1 Å². The van der Waals surface area contributed by atoms with Gasteiger partial charge in [-0.25, -0.2) is 0 Å². The Morgan fingerprint density at radius 2 is 2.06 bits per heavy atom. The van der Waals surface area contributed by atoms with Crippen LogP contribution in [0.1, 0.15) is 11.6 Å². The lowest BCUT2D eigenvalue weighted by Gasteiger charge is -2.09. The average Bonchev–Trinajstić information content (AvgIpc) is 2.14. The summed E-state index contributed by atoms with van der Waals surface area (Å²) in [6.07, 6.45) is 0. The standard InChI is InChI=1S/C9H8F3NO2S/c10-9(11,12)16-6-3-1-2-5(4-6)7(13)8(14)15/h1-4,7H,13H2,(H,14,15). The van der Waals surface area contributed by atoms with E-state index < -0.39 is 17.5 Å². The van der Waals surface area contributed by atoms with Crippen molar-refractivity contribution in [2.75, 3.05) is 0 Å². The van der Waals surface area contributed by atoms with E-state index in [-0.39, 0.29) is 22.2 Å². The lowest BCUT2D eigenvalue weighted by atomic mass is 10.1. The summed E-state index contributed by atoms with van der Waals surface area (Å²) in [4.78, 5) is 10.5. The molecular formula is C9H8F3NO2S. The van der Waals surface area contributed by atoms with Gasteiger partial charge in [-0.3, -0.25) is 4.79 Å². The van der Waals surface area contributed by atoms with Crippen LogP contribution in [-0.2, 0) is 4.79 Å². The van der Waals surface area contributed by atoms with Crippen LogP contribution in [0.3, 0.4) is 0 Å². The Morgan fingerprint density at radius 1 is 1.44 bits per heavy atom. The molecule has 0 aromatic heterocycles. The predicted molar refractivity (Wildman–Crippen MR) is 52.9 cm³/mol. The lowest BCUT2D eigenvalue weighted by molar-refractivity contribution is -0.138. The summed E-state index contributed by atoms with van der Waals surface area (Å²) < 4.78 is 36.1. The monoisotopic (exact) mass is 251 g/mol. The number of carboxylic acids is 1. The largest absolute Gasteiger partial charge is 0.480 e. The van der Waals surface area contributed by atoms with Crippen LogP contribution in [0.15, 0.2) is 29.2 Å². The highest BCUT2D eigenvalue weighted by Gasteiger charge is 2.29. The number of benzene rings is 1. The van der Waals surface area contributed by atoms with E-state index in [0.29, 0.717) is 0 Å². The summed E-state index contributed by atoms with van der Waals surface area (Å²) in [5, 5.41) is 8.60. The van der Waals surface area contributed by atoms with Crippen molar-refractivity contribution in [3.8, 4) is 0 Å². The van der Waals surface area contributed by atoms with Gasteiger partial charge in [0.25, 0.3) is 0 Å². The molecule has 0 amide bonds. The van der Waals surface area contributed by atoms with Gasteiger partial charge in [0.2, 0.25) is 0 Å². The first-order valence-electron chi connectivity index (χ1n) is 4.13. The van der Waals surface area contributed by atoms with E-state index in [1.807, 2.05) is 0 Å². The number of thioether (sulfide) groups is 1. The summed E-state index contributed by atoms with van der Waals surface area (Å²) in [7, 11) is 0. The summed E-state index contributed by atoms with van der Waals surface area (Å²) in [5.41, 5.74) is 1.02. The van der Waals surface area contributed by atoms with Crippen molar-refractivity contribution in [2.45, 2.75) is 16.4 Å². The van der Waals surface area contributed by atoms with Gasteiger partial charge in [-0.1, -0.05) is 12.1 Å². The molecule has 0 bridgehead atoms. The van der Waals surface area contributed by atoms with Crippen LogP contribution >= 0.6 is 11.8 Å². The molecule has 3 nitrogen and oxygen atoms in total. The number of hydrogen-bond acceptors (Lipinski definition) is 3. The van der Waals surface area contributed by atoms with Gasteiger partial charge in [0.05, 0.1) is 0 Å². The minimum absolute atomic E-state index is 0.0818. The second kappa shape index (κ2) is 4.75. The number of carboxylic acid groups (broad SMARTS) is 1. The van der Waals surface area contributed by atoms with Crippen molar-refractivity contribution in [1.82, 2.24) is 0 Å². The third-order valence-corrected chi connectivity index (χ3v) is 2.44. The molecule has 0 aliphatic carbocycles. The first kappa shape index (κ1) is 12.9. The Hall–Kier alpha value is -1.21. The van der Waals surface area contributed by atoms with Crippen molar-refractivity contribution in [1.29, 1.82) is 0 Å². The summed E-state index contributed by atoms with van der Waals surface area (Å²) in [6.45, 7) is 0. The Balaban J connectivity index is 2.91. The molecule has 0 saturated carbocycles. The number of halogens is 3. The molecule has 0 fully saturated rings. The van der Waals surface area contributed by atoms with Crippen LogP contribution in [0.25, 0.3) is 0 Å². The van der Waals surface area contributed by atoms with Crippen molar-refractivity contribution in [2.24, 2.45) is 5.73 Å². The van der Waals surface area contributed by atoms with E-state index in [2.05, 4.69) is 0 Å². The molecule has 7 heteroatoms. The molecule has 0 radical (unpaired) electrons. The van der Waals surface area contributed by atoms with E-state index in [1.165, 1.54) is 18.2 Å². The third kappa shape index (κ3) is 3.74. The van der Waals surface area contributed by atoms with Gasteiger partial charge in [-0.2, -0.15) is 13.2 Å². The second-order valence-corrected chi connectivity index (χ2v) is 4.07. The Bertz CT molecular complexity index is 395. The highest BCUT2D eigenvalue weighted by molar-refractivity contribution is 8.00. The molecular weight excluding hydrogens is 243 g/mol. The fourth-order valence-electron chi connectivity index (χ4n) is 1.05. The van der Waals surface area contributed by atoms with Crippen LogP contribution in [0.2, 0.25) is 0 Å². The van der Waals surface area contributed by atoms with Gasteiger partial charge >= 0.3 is 11.5 Å². The van der Waals surface area contributed by atoms with E-state index in [9.17, 15) is 18.0 Å². The third-order valence-electron chi connectivity index (χ3n) is 1.72. The highest BCUT2D eigenvalue weighted by Crippen LogP contribution is 2.37. The number of carbonyl (C=O) groups is 1. The van der Waals surface area contributed by atoms with Crippen LogP contribution in [0.4, 0.5) is 13.2 Å². The zero-order chi connectivity index (χ0) is 12.3. The normalized spacial score (nSPS) is 13.5. The highest BCUT2D eigenvalue weighted by atomic mass is 32.2. The molecule has 88 valence electrons.